The van der Waals surface area contributed by atoms with Crippen molar-refractivity contribution in [1.82, 2.24) is 9.80 Å². The van der Waals surface area contributed by atoms with Crippen LogP contribution in [-0.2, 0) is 9.59 Å². The number of likely N-dealkylation sites (N-methyl/N-ethyl adjacent to an activating group) is 1. The number of aryl methyl sites for hydroxylation is 1. The van der Waals surface area contributed by atoms with Gasteiger partial charge in [-0.15, -0.1) is 0 Å². The molecule has 3 rings (SSSR count). The molecule has 1 atom stereocenters. The lowest BCUT2D eigenvalue weighted by Gasteiger charge is -2.33. The monoisotopic (exact) mass is 461 g/mol. The van der Waals surface area contributed by atoms with E-state index in [0.29, 0.717) is 30.8 Å². The van der Waals surface area contributed by atoms with Crippen molar-refractivity contribution in [2.45, 2.75) is 19.8 Å². The third-order valence-electron chi connectivity index (χ3n) is 5.05. The molecule has 0 spiro atoms. The van der Waals surface area contributed by atoms with E-state index in [1.54, 1.807) is 18.0 Å². The van der Waals surface area contributed by atoms with Gasteiger partial charge in [0.1, 0.15) is 6.26 Å². The van der Waals surface area contributed by atoms with E-state index in [1.807, 2.05) is 25.1 Å². The lowest BCUT2D eigenvalue weighted by atomic mass is 9.96. The van der Waals surface area contributed by atoms with Crippen LogP contribution in [0, 0.1) is 12.8 Å². The molecule has 1 saturated heterocycles. The van der Waals surface area contributed by atoms with Gasteiger partial charge in [0, 0.05) is 30.3 Å². The highest BCUT2D eigenvalue weighted by Crippen LogP contribution is 2.22. The Morgan fingerprint density at radius 2 is 2.10 bits per heavy atom. The topological polar surface area (TPSA) is 82.9 Å². The van der Waals surface area contributed by atoms with Gasteiger partial charge in [-0.05, 0) is 49.6 Å². The van der Waals surface area contributed by atoms with Crippen LogP contribution in [0.3, 0.4) is 0 Å². The van der Waals surface area contributed by atoms with Gasteiger partial charge in [0.15, 0.2) is 0 Å². The molecule has 1 aromatic heterocycles. The average Bonchev–Trinajstić information content (AvgIpc) is 3.24. The first-order valence-electron chi connectivity index (χ1n) is 9.47. The zero-order valence-electron chi connectivity index (χ0n) is 16.5. The Morgan fingerprint density at radius 1 is 1.31 bits per heavy atom. The number of carbonyl (C=O) groups is 3. The number of rotatable bonds is 5. The van der Waals surface area contributed by atoms with Gasteiger partial charge in [-0.1, -0.05) is 15.9 Å². The number of nitrogens with zero attached hydrogens (tertiary/aromatic N) is 2. The lowest BCUT2D eigenvalue weighted by molar-refractivity contribution is -0.138. The van der Waals surface area contributed by atoms with Crippen molar-refractivity contribution in [2.24, 2.45) is 5.92 Å². The molecule has 2 aromatic rings. The van der Waals surface area contributed by atoms with Crippen LogP contribution in [0.2, 0.25) is 0 Å². The summed E-state index contributed by atoms with van der Waals surface area (Å²) in [4.78, 5) is 40.8. The molecular weight excluding hydrogens is 438 g/mol. The van der Waals surface area contributed by atoms with Crippen LogP contribution in [0.5, 0.6) is 0 Å². The van der Waals surface area contributed by atoms with Crippen molar-refractivity contribution >= 4 is 39.3 Å². The number of likely N-dealkylation sites (tertiary alicyclic amines) is 1. The van der Waals surface area contributed by atoms with E-state index in [2.05, 4.69) is 21.2 Å². The molecule has 29 heavy (non-hydrogen) atoms. The fourth-order valence-corrected chi connectivity index (χ4v) is 3.97. The standard InChI is InChI=1S/C21H24BrN3O4/c1-14-10-17(22)5-6-18(14)23-19(26)12-24(2)20(27)15-4-3-8-25(11-15)21(28)16-7-9-29-13-16/h5-7,9-10,13,15H,3-4,8,11-12H2,1-2H3,(H,23,26). The molecule has 1 aliphatic rings. The third-order valence-corrected chi connectivity index (χ3v) is 5.54. The first-order valence-corrected chi connectivity index (χ1v) is 10.3. The number of hydrogen-bond acceptors (Lipinski definition) is 4. The third kappa shape index (κ3) is 5.26. The first kappa shape index (κ1) is 21.1. The van der Waals surface area contributed by atoms with Crippen LogP contribution in [0.15, 0.2) is 45.7 Å². The first-order chi connectivity index (χ1) is 13.8. The Labute approximate surface area is 178 Å². The molecule has 2 heterocycles. The van der Waals surface area contributed by atoms with Crippen LogP contribution < -0.4 is 5.32 Å². The van der Waals surface area contributed by atoms with Crippen LogP contribution in [0.1, 0.15) is 28.8 Å². The molecule has 0 radical (unpaired) electrons. The van der Waals surface area contributed by atoms with Crippen LogP contribution >= 0.6 is 15.9 Å². The van der Waals surface area contributed by atoms with Gasteiger partial charge < -0.3 is 19.5 Å². The number of furan rings is 1. The van der Waals surface area contributed by atoms with Gasteiger partial charge in [-0.25, -0.2) is 0 Å². The number of anilines is 1. The van der Waals surface area contributed by atoms with Crippen molar-refractivity contribution in [1.29, 1.82) is 0 Å². The summed E-state index contributed by atoms with van der Waals surface area (Å²) in [7, 11) is 1.62. The zero-order chi connectivity index (χ0) is 21.0. The molecule has 1 fully saturated rings. The highest BCUT2D eigenvalue weighted by atomic mass is 79.9. The molecule has 1 unspecified atom stereocenters. The Hall–Kier alpha value is -2.61. The number of amides is 3. The Bertz CT molecular complexity index is 897. The largest absolute Gasteiger partial charge is 0.472 e. The van der Waals surface area contributed by atoms with E-state index in [0.717, 1.165) is 16.5 Å². The van der Waals surface area contributed by atoms with Crippen LogP contribution in [0.4, 0.5) is 5.69 Å². The van der Waals surface area contributed by atoms with Gasteiger partial charge in [0.25, 0.3) is 5.91 Å². The number of carbonyl (C=O) groups excluding carboxylic acids is 3. The Kier molecular flexibility index (Phi) is 6.74. The van der Waals surface area contributed by atoms with Gasteiger partial charge in [0.2, 0.25) is 11.8 Å². The summed E-state index contributed by atoms with van der Waals surface area (Å²) in [5.74, 6) is -0.833. The second-order valence-electron chi connectivity index (χ2n) is 7.30. The molecular formula is C21H24BrN3O4. The van der Waals surface area contributed by atoms with Crippen LogP contribution in [-0.4, -0.2) is 54.2 Å². The molecule has 3 amide bonds. The molecule has 0 saturated carbocycles. The minimum absolute atomic E-state index is 0.0412. The number of nitrogens with one attached hydrogen (secondary N) is 1. The number of piperidine rings is 1. The molecule has 1 N–H and O–H groups in total. The van der Waals surface area contributed by atoms with Crippen molar-refractivity contribution in [2.75, 3.05) is 32.0 Å². The van der Waals surface area contributed by atoms with Gasteiger partial charge in [-0.2, -0.15) is 0 Å². The molecule has 1 aliphatic heterocycles. The second-order valence-corrected chi connectivity index (χ2v) is 8.22. The van der Waals surface area contributed by atoms with E-state index >= 15 is 0 Å². The van der Waals surface area contributed by atoms with Gasteiger partial charge in [0.05, 0.1) is 24.3 Å². The van der Waals surface area contributed by atoms with Gasteiger partial charge >= 0.3 is 0 Å². The van der Waals surface area contributed by atoms with Crippen molar-refractivity contribution in [3.63, 3.8) is 0 Å². The summed E-state index contributed by atoms with van der Waals surface area (Å²) < 4.78 is 5.91. The zero-order valence-corrected chi connectivity index (χ0v) is 18.1. The highest BCUT2D eigenvalue weighted by Gasteiger charge is 2.31. The van der Waals surface area contributed by atoms with Gasteiger partial charge in [-0.3, -0.25) is 14.4 Å². The lowest BCUT2D eigenvalue weighted by Crippen LogP contribution is -2.47. The molecule has 0 aliphatic carbocycles. The highest BCUT2D eigenvalue weighted by molar-refractivity contribution is 9.10. The number of benzene rings is 1. The van der Waals surface area contributed by atoms with E-state index in [1.165, 1.54) is 17.4 Å². The predicted molar refractivity (Wildman–Crippen MR) is 112 cm³/mol. The van der Waals surface area contributed by atoms with E-state index in [9.17, 15) is 14.4 Å². The summed E-state index contributed by atoms with van der Waals surface area (Å²) in [6, 6.07) is 7.21. The molecule has 154 valence electrons. The maximum absolute atomic E-state index is 12.8. The molecule has 8 heteroatoms. The van der Waals surface area contributed by atoms with E-state index in [-0.39, 0.29) is 30.2 Å². The van der Waals surface area contributed by atoms with Crippen molar-refractivity contribution in [3.05, 3.63) is 52.4 Å². The van der Waals surface area contributed by atoms with E-state index < -0.39 is 0 Å². The summed E-state index contributed by atoms with van der Waals surface area (Å²) in [6.07, 6.45) is 4.32. The summed E-state index contributed by atoms with van der Waals surface area (Å²) in [5.41, 5.74) is 2.13. The maximum Gasteiger partial charge on any atom is 0.257 e. The average molecular weight is 462 g/mol. The summed E-state index contributed by atoms with van der Waals surface area (Å²) in [6.45, 7) is 2.82. The van der Waals surface area contributed by atoms with Crippen molar-refractivity contribution < 1.29 is 18.8 Å². The minimum atomic E-state index is -0.313. The Morgan fingerprint density at radius 3 is 2.79 bits per heavy atom. The smallest absolute Gasteiger partial charge is 0.257 e. The minimum Gasteiger partial charge on any atom is -0.472 e. The summed E-state index contributed by atoms with van der Waals surface area (Å²) in [5, 5.41) is 2.84. The SMILES string of the molecule is Cc1cc(Br)ccc1NC(=O)CN(C)C(=O)C1CCCN(C(=O)c2ccoc2)C1. The number of hydrogen-bond donors (Lipinski definition) is 1. The fourth-order valence-electron chi connectivity index (χ4n) is 3.49. The normalized spacial score (nSPS) is 16.4. The van der Waals surface area contributed by atoms with Crippen LogP contribution in [0.25, 0.3) is 0 Å². The van der Waals surface area contributed by atoms with Crippen molar-refractivity contribution in [3.8, 4) is 0 Å². The fraction of sp³-hybridized carbons (Fsp3) is 0.381. The number of halogens is 1. The summed E-state index contributed by atoms with van der Waals surface area (Å²) >= 11 is 3.39. The molecule has 1 aromatic carbocycles. The molecule has 7 nitrogen and oxygen atoms in total. The quantitative estimate of drug-likeness (QED) is 0.740. The maximum atomic E-state index is 12.8. The molecule has 0 bridgehead atoms. The second kappa shape index (κ2) is 9.26. The van der Waals surface area contributed by atoms with E-state index in [4.69, 9.17) is 4.42 Å². The predicted octanol–water partition coefficient (Wildman–Crippen LogP) is 3.30. The Balaban J connectivity index is 1.56.